The summed E-state index contributed by atoms with van der Waals surface area (Å²) in [5.41, 5.74) is 8.17. The van der Waals surface area contributed by atoms with Crippen LogP contribution in [0, 0.1) is 11.3 Å². The summed E-state index contributed by atoms with van der Waals surface area (Å²) in [7, 11) is 7.32. The Bertz CT molecular complexity index is 1220. The molecule has 0 aliphatic heterocycles. The van der Waals surface area contributed by atoms with Crippen LogP contribution in [-0.2, 0) is 26.8 Å². The summed E-state index contributed by atoms with van der Waals surface area (Å²) < 4.78 is 8.09. The summed E-state index contributed by atoms with van der Waals surface area (Å²) in [4.78, 5) is 27.7. The molecular weight excluding hydrogens is 506 g/mol. The van der Waals surface area contributed by atoms with E-state index in [-0.39, 0.29) is 28.9 Å². The number of nitrogen functional groups attached to an aromatic ring is 1. The van der Waals surface area contributed by atoms with Gasteiger partial charge in [-0.2, -0.15) is 0 Å². The Hall–Kier alpha value is -2.88. The van der Waals surface area contributed by atoms with E-state index in [0.29, 0.717) is 5.69 Å². The first-order valence-electron chi connectivity index (χ1n) is 13.9. The molecule has 0 radical (unpaired) electrons. The molecule has 224 valence electrons. The van der Waals surface area contributed by atoms with Crippen molar-refractivity contribution in [2.45, 2.75) is 85.2 Å². The first kappa shape index (κ1) is 33.3. The minimum absolute atomic E-state index is 0.107. The number of rotatable bonds is 12. The number of nitrogens with two attached hydrogens (primary N) is 1. The van der Waals surface area contributed by atoms with Crippen molar-refractivity contribution in [2.24, 2.45) is 18.4 Å². The second-order valence-electron chi connectivity index (χ2n) is 12.9. The lowest BCUT2D eigenvalue weighted by molar-refractivity contribution is -0.132. The Morgan fingerprint density at radius 3 is 2.25 bits per heavy atom. The Kier molecular flexibility index (Phi) is 10.6. The monoisotopic (exact) mass is 557 g/mol. The van der Waals surface area contributed by atoms with Gasteiger partial charge in [0.05, 0.1) is 12.1 Å². The average Bonchev–Trinajstić information content (AvgIpc) is 3.17. The highest BCUT2D eigenvalue weighted by Crippen LogP contribution is 2.36. The summed E-state index contributed by atoms with van der Waals surface area (Å²) in [6.07, 6.45) is 3.30. The number of hydrogen-bond acceptors (Lipinski definition) is 6. The number of methoxy groups -OCH3 is 1. The van der Waals surface area contributed by atoms with Crippen LogP contribution in [-0.4, -0.2) is 72.0 Å². The molecule has 0 spiro atoms. The maximum absolute atomic E-state index is 14.1. The van der Waals surface area contributed by atoms with Crippen molar-refractivity contribution < 1.29 is 19.4 Å². The van der Waals surface area contributed by atoms with Gasteiger partial charge in [0.15, 0.2) is 0 Å². The molecule has 2 aromatic rings. The van der Waals surface area contributed by atoms with Crippen molar-refractivity contribution in [1.82, 2.24) is 20.1 Å². The van der Waals surface area contributed by atoms with E-state index >= 15 is 0 Å². The van der Waals surface area contributed by atoms with Crippen LogP contribution in [0.15, 0.2) is 36.0 Å². The molecule has 2 unspecified atom stereocenters. The molecule has 0 saturated heterocycles. The van der Waals surface area contributed by atoms with Crippen molar-refractivity contribution in [3.8, 4) is 0 Å². The van der Waals surface area contributed by atoms with Gasteiger partial charge in [0, 0.05) is 54.0 Å². The molecule has 0 saturated carbocycles. The van der Waals surface area contributed by atoms with Crippen LogP contribution in [0.3, 0.4) is 0 Å². The van der Waals surface area contributed by atoms with Crippen molar-refractivity contribution in [3.63, 3.8) is 0 Å². The number of likely N-dealkylation sites (N-methyl/N-ethyl adjacent to an activating group) is 2. The molecule has 1 aromatic heterocycles. The van der Waals surface area contributed by atoms with Crippen molar-refractivity contribution in [1.29, 1.82) is 0 Å². The molecule has 9 heteroatoms. The smallest absolute Gasteiger partial charge is 0.331 e. The van der Waals surface area contributed by atoms with Crippen molar-refractivity contribution in [3.05, 3.63) is 41.6 Å². The van der Waals surface area contributed by atoms with Gasteiger partial charge >= 0.3 is 5.97 Å². The largest absolute Gasteiger partial charge is 0.478 e. The van der Waals surface area contributed by atoms with Gasteiger partial charge in [0.25, 0.3) is 0 Å². The van der Waals surface area contributed by atoms with Crippen LogP contribution < -0.4 is 16.4 Å². The minimum atomic E-state index is -0.956. The highest BCUT2D eigenvalue weighted by Gasteiger charge is 2.43. The number of aliphatic carboxylic acids is 1. The summed E-state index contributed by atoms with van der Waals surface area (Å²) in [6, 6.07) is 4.64. The van der Waals surface area contributed by atoms with Gasteiger partial charge in [-0.25, -0.2) is 4.79 Å². The van der Waals surface area contributed by atoms with Crippen LogP contribution in [0.25, 0.3) is 10.9 Å². The van der Waals surface area contributed by atoms with Gasteiger partial charge in [0.1, 0.15) is 6.23 Å². The Morgan fingerprint density at radius 2 is 1.77 bits per heavy atom. The zero-order chi connectivity index (χ0) is 30.7. The Balaban J connectivity index is 2.50. The highest BCUT2D eigenvalue weighted by molar-refractivity contribution is 5.90. The molecule has 2 rings (SSSR count). The first-order chi connectivity index (χ1) is 18.4. The van der Waals surface area contributed by atoms with E-state index in [2.05, 4.69) is 56.0 Å². The third-order valence-corrected chi connectivity index (χ3v) is 8.05. The standard InChI is InChI=1S/C31H51N5O4/c1-18(2)24(15-19(3)29(38)39)36(11)28(40-12)26(30(4,5)6)34-27(37)25(33-9)31(7,8)22-17-35(10)23-14-13-20(32)16-21(22)23/h13-18,24-26,28,33H,32H2,1-12H3,(H,34,37)(H,38,39)/b19-15+/t24-,25?,26-,28?/m1/s1. The Morgan fingerprint density at radius 1 is 1.18 bits per heavy atom. The molecule has 0 fully saturated rings. The zero-order valence-corrected chi connectivity index (χ0v) is 26.4. The Labute approximate surface area is 240 Å². The van der Waals surface area contributed by atoms with E-state index < -0.39 is 29.7 Å². The van der Waals surface area contributed by atoms with E-state index in [4.69, 9.17) is 10.5 Å². The van der Waals surface area contributed by atoms with E-state index in [1.807, 2.05) is 51.0 Å². The average molecular weight is 558 g/mol. The quantitative estimate of drug-likeness (QED) is 0.176. The maximum atomic E-state index is 14.1. The van der Waals surface area contributed by atoms with E-state index in [1.54, 1.807) is 27.2 Å². The number of anilines is 1. The second kappa shape index (κ2) is 12.7. The number of carbonyl (C=O) groups is 2. The number of amides is 1. The SMILES string of the molecule is CNC(C(=O)N[C@H](C(OC)N(C)[C@H](/C=C(\C)C(=O)O)C(C)C)C(C)(C)C)C(C)(C)c1cn(C)c2ccc(N)cc12. The normalized spacial score (nSPS) is 16.3. The molecular formula is C31H51N5O4. The summed E-state index contributed by atoms with van der Waals surface area (Å²) in [6.45, 7) is 16.0. The third kappa shape index (κ3) is 7.06. The third-order valence-electron chi connectivity index (χ3n) is 8.05. The minimum Gasteiger partial charge on any atom is -0.478 e. The highest BCUT2D eigenvalue weighted by atomic mass is 16.5. The van der Waals surface area contributed by atoms with Gasteiger partial charge in [-0.3, -0.25) is 9.69 Å². The van der Waals surface area contributed by atoms with E-state index in [0.717, 1.165) is 16.5 Å². The number of nitrogens with zero attached hydrogens (tertiary/aromatic N) is 2. The van der Waals surface area contributed by atoms with Crippen molar-refractivity contribution >= 4 is 28.5 Å². The van der Waals surface area contributed by atoms with Crippen LogP contribution in [0.1, 0.15) is 61.0 Å². The molecule has 1 heterocycles. The van der Waals surface area contributed by atoms with Gasteiger partial charge in [-0.05, 0) is 56.1 Å². The number of nitrogens with one attached hydrogen (secondary N) is 2. The van der Waals surface area contributed by atoms with Crippen LogP contribution >= 0.6 is 0 Å². The number of carboxylic acids is 1. The number of fused-ring (bicyclic) bond motifs is 1. The molecule has 0 aliphatic carbocycles. The molecule has 5 N–H and O–H groups in total. The number of carboxylic acid groups (broad SMARTS) is 1. The summed E-state index contributed by atoms with van der Waals surface area (Å²) in [5, 5.41) is 17.1. The van der Waals surface area contributed by atoms with E-state index in [1.165, 1.54) is 0 Å². The summed E-state index contributed by atoms with van der Waals surface area (Å²) in [5.74, 6) is -0.999. The topological polar surface area (TPSA) is 122 Å². The van der Waals surface area contributed by atoms with Crippen molar-refractivity contribution in [2.75, 3.05) is 26.9 Å². The summed E-state index contributed by atoms with van der Waals surface area (Å²) >= 11 is 0. The second-order valence-corrected chi connectivity index (χ2v) is 12.9. The number of hydrogen-bond donors (Lipinski definition) is 4. The number of ether oxygens (including phenoxy) is 1. The lowest BCUT2D eigenvalue weighted by Gasteiger charge is -2.45. The fourth-order valence-corrected chi connectivity index (χ4v) is 5.67. The molecule has 0 aliphatic rings. The van der Waals surface area contributed by atoms with Gasteiger partial charge in [-0.15, -0.1) is 0 Å². The fourth-order valence-electron chi connectivity index (χ4n) is 5.67. The molecule has 9 nitrogen and oxygen atoms in total. The van der Waals surface area contributed by atoms with Crippen LogP contribution in [0.5, 0.6) is 0 Å². The van der Waals surface area contributed by atoms with Gasteiger partial charge < -0.3 is 30.8 Å². The van der Waals surface area contributed by atoms with Gasteiger partial charge in [-0.1, -0.05) is 54.5 Å². The molecule has 1 aromatic carbocycles. The predicted molar refractivity (Wildman–Crippen MR) is 163 cm³/mol. The maximum Gasteiger partial charge on any atom is 0.331 e. The van der Waals surface area contributed by atoms with Crippen LogP contribution in [0.2, 0.25) is 0 Å². The number of aryl methyl sites for hydroxylation is 1. The number of carbonyl (C=O) groups excluding carboxylic acids is 1. The first-order valence-corrected chi connectivity index (χ1v) is 13.9. The fraction of sp³-hybridized carbons (Fsp3) is 0.613. The molecule has 1 amide bonds. The lowest BCUT2D eigenvalue weighted by Crippen LogP contribution is -2.63. The molecule has 40 heavy (non-hydrogen) atoms. The van der Waals surface area contributed by atoms with Gasteiger partial charge in [0.2, 0.25) is 5.91 Å². The lowest BCUT2D eigenvalue weighted by atomic mass is 9.76. The molecule has 4 atom stereocenters. The number of benzene rings is 1. The van der Waals surface area contributed by atoms with Crippen LogP contribution in [0.4, 0.5) is 5.69 Å². The number of aromatic nitrogens is 1. The zero-order valence-electron chi connectivity index (χ0n) is 26.4. The predicted octanol–water partition coefficient (Wildman–Crippen LogP) is 4.12. The van der Waals surface area contributed by atoms with E-state index in [9.17, 15) is 14.7 Å². The molecule has 0 bridgehead atoms.